The summed E-state index contributed by atoms with van der Waals surface area (Å²) < 4.78 is 41.1. The zero-order valence-corrected chi connectivity index (χ0v) is 15.0. The molecule has 138 valence electrons. The monoisotopic (exact) mass is 366 g/mol. The van der Waals surface area contributed by atoms with Crippen LogP contribution in [-0.4, -0.2) is 0 Å². The molecular formula is C24H21F3. The molecule has 1 aliphatic carbocycles. The zero-order valence-electron chi connectivity index (χ0n) is 15.0. The third kappa shape index (κ3) is 3.78. The highest BCUT2D eigenvalue weighted by atomic mass is 19.2. The van der Waals surface area contributed by atoms with Gasteiger partial charge in [0.15, 0.2) is 11.6 Å². The van der Waals surface area contributed by atoms with Gasteiger partial charge >= 0.3 is 0 Å². The van der Waals surface area contributed by atoms with Crippen molar-refractivity contribution in [3.05, 3.63) is 83.7 Å². The van der Waals surface area contributed by atoms with E-state index in [9.17, 15) is 13.2 Å². The van der Waals surface area contributed by atoms with E-state index in [1.807, 2.05) is 18.2 Å². The molecule has 0 radical (unpaired) electrons. The maximum atomic E-state index is 14.6. The van der Waals surface area contributed by atoms with Crippen LogP contribution in [0.25, 0.3) is 22.3 Å². The van der Waals surface area contributed by atoms with Crippen molar-refractivity contribution in [1.29, 1.82) is 0 Å². The minimum absolute atomic E-state index is 0.261. The minimum atomic E-state index is -0.978. The molecule has 0 saturated heterocycles. The first-order valence-corrected chi connectivity index (χ1v) is 9.47. The van der Waals surface area contributed by atoms with E-state index < -0.39 is 17.5 Å². The van der Waals surface area contributed by atoms with Crippen LogP contribution in [-0.2, 0) is 0 Å². The number of rotatable bonds is 3. The van der Waals surface area contributed by atoms with Gasteiger partial charge in [-0.3, -0.25) is 0 Å². The summed E-state index contributed by atoms with van der Waals surface area (Å²) in [5, 5.41) is 0. The van der Waals surface area contributed by atoms with Crippen molar-refractivity contribution in [2.24, 2.45) is 0 Å². The average molecular weight is 366 g/mol. The quantitative estimate of drug-likeness (QED) is 0.450. The van der Waals surface area contributed by atoms with Gasteiger partial charge in [-0.25, -0.2) is 13.2 Å². The first-order valence-electron chi connectivity index (χ1n) is 9.47. The molecule has 3 aromatic carbocycles. The van der Waals surface area contributed by atoms with Crippen molar-refractivity contribution in [2.45, 2.75) is 38.0 Å². The van der Waals surface area contributed by atoms with Gasteiger partial charge in [0.1, 0.15) is 5.82 Å². The van der Waals surface area contributed by atoms with Gasteiger partial charge in [-0.05, 0) is 59.2 Å². The summed E-state index contributed by atoms with van der Waals surface area (Å²) in [6, 6.07) is 16.7. The predicted molar refractivity (Wildman–Crippen MR) is 103 cm³/mol. The van der Waals surface area contributed by atoms with E-state index >= 15 is 0 Å². The van der Waals surface area contributed by atoms with Crippen molar-refractivity contribution >= 4 is 0 Å². The Labute approximate surface area is 157 Å². The Balaban J connectivity index is 1.59. The smallest absolute Gasteiger partial charge is 0.159 e. The second-order valence-electron chi connectivity index (χ2n) is 7.28. The normalized spacial score (nSPS) is 15.1. The van der Waals surface area contributed by atoms with E-state index in [0.717, 1.165) is 23.3 Å². The van der Waals surface area contributed by atoms with Gasteiger partial charge in [0.05, 0.1) is 0 Å². The molecule has 0 spiro atoms. The van der Waals surface area contributed by atoms with Crippen LogP contribution in [0.1, 0.15) is 43.6 Å². The molecule has 1 fully saturated rings. The Morgan fingerprint density at radius 1 is 0.556 bits per heavy atom. The lowest BCUT2D eigenvalue weighted by atomic mass is 9.83. The summed E-state index contributed by atoms with van der Waals surface area (Å²) >= 11 is 0. The molecule has 0 bridgehead atoms. The maximum Gasteiger partial charge on any atom is 0.159 e. The molecule has 3 aromatic rings. The molecule has 4 rings (SSSR count). The second kappa shape index (κ2) is 7.59. The fraction of sp³-hybridized carbons (Fsp3) is 0.250. The van der Waals surface area contributed by atoms with E-state index in [1.54, 1.807) is 6.07 Å². The number of benzene rings is 3. The summed E-state index contributed by atoms with van der Waals surface area (Å²) in [6.07, 6.45) is 6.41. The van der Waals surface area contributed by atoms with Crippen LogP contribution >= 0.6 is 0 Å². The van der Waals surface area contributed by atoms with Crippen LogP contribution < -0.4 is 0 Å². The molecule has 0 aliphatic heterocycles. The summed E-state index contributed by atoms with van der Waals surface area (Å²) in [4.78, 5) is 0. The van der Waals surface area contributed by atoms with Crippen LogP contribution in [0.4, 0.5) is 13.2 Å². The lowest BCUT2D eigenvalue weighted by Crippen LogP contribution is -2.04. The molecule has 0 unspecified atom stereocenters. The molecule has 0 aromatic heterocycles. The average Bonchev–Trinajstić information content (AvgIpc) is 2.71. The first-order chi connectivity index (χ1) is 13.1. The topological polar surface area (TPSA) is 0 Å². The van der Waals surface area contributed by atoms with E-state index in [0.29, 0.717) is 11.5 Å². The van der Waals surface area contributed by atoms with Crippen molar-refractivity contribution in [1.82, 2.24) is 0 Å². The summed E-state index contributed by atoms with van der Waals surface area (Å²) in [5.74, 6) is -1.72. The Kier molecular flexibility index (Phi) is 5.02. The maximum absolute atomic E-state index is 14.6. The summed E-state index contributed by atoms with van der Waals surface area (Å²) in [5.41, 5.74) is 3.67. The zero-order chi connectivity index (χ0) is 18.8. The number of hydrogen-bond donors (Lipinski definition) is 0. The van der Waals surface area contributed by atoms with E-state index in [1.165, 1.54) is 49.8 Å². The molecule has 0 atom stereocenters. The van der Waals surface area contributed by atoms with E-state index in [-0.39, 0.29) is 5.56 Å². The first kappa shape index (κ1) is 17.8. The lowest BCUT2D eigenvalue weighted by molar-refractivity contribution is 0.443. The van der Waals surface area contributed by atoms with E-state index in [4.69, 9.17) is 0 Å². The fourth-order valence-corrected chi connectivity index (χ4v) is 3.98. The molecule has 0 amide bonds. The molecule has 1 aliphatic rings. The van der Waals surface area contributed by atoms with Crippen LogP contribution in [0.3, 0.4) is 0 Å². The van der Waals surface area contributed by atoms with Crippen molar-refractivity contribution in [3.8, 4) is 22.3 Å². The Morgan fingerprint density at radius 3 is 1.85 bits per heavy atom. The number of halogens is 3. The van der Waals surface area contributed by atoms with E-state index in [2.05, 4.69) is 12.1 Å². The SMILES string of the molecule is Fc1ccc(-c2ccc(-c3ccc(C4CCCCC4)cc3)cc2F)cc1F. The van der Waals surface area contributed by atoms with Gasteiger partial charge < -0.3 is 0 Å². The third-order valence-electron chi connectivity index (χ3n) is 5.52. The molecule has 1 saturated carbocycles. The standard InChI is InChI=1S/C24H21F3/c25-22-13-11-20(15-24(22)27)21-12-10-19(14-23(21)26)18-8-6-17(7-9-18)16-4-2-1-3-5-16/h6-16H,1-5H2. The summed E-state index contributed by atoms with van der Waals surface area (Å²) in [7, 11) is 0. The van der Waals surface area contributed by atoms with Crippen molar-refractivity contribution in [2.75, 3.05) is 0 Å². The molecule has 27 heavy (non-hydrogen) atoms. The highest BCUT2D eigenvalue weighted by Crippen LogP contribution is 2.34. The number of hydrogen-bond acceptors (Lipinski definition) is 0. The molecule has 0 N–H and O–H groups in total. The van der Waals surface area contributed by atoms with Gasteiger partial charge in [-0.2, -0.15) is 0 Å². The van der Waals surface area contributed by atoms with Crippen molar-refractivity contribution in [3.63, 3.8) is 0 Å². The highest BCUT2D eigenvalue weighted by Gasteiger charge is 2.15. The molecule has 0 nitrogen and oxygen atoms in total. The molecule has 0 heterocycles. The van der Waals surface area contributed by atoms with Gasteiger partial charge in [0.2, 0.25) is 0 Å². The van der Waals surface area contributed by atoms with Crippen LogP contribution in [0, 0.1) is 17.5 Å². The minimum Gasteiger partial charge on any atom is -0.206 e. The Hall–Kier alpha value is -2.55. The van der Waals surface area contributed by atoms with Gasteiger partial charge in [0, 0.05) is 5.56 Å². The molecular weight excluding hydrogens is 345 g/mol. The van der Waals surface area contributed by atoms with Crippen LogP contribution in [0.5, 0.6) is 0 Å². The lowest BCUT2D eigenvalue weighted by Gasteiger charge is -2.22. The third-order valence-corrected chi connectivity index (χ3v) is 5.52. The largest absolute Gasteiger partial charge is 0.206 e. The highest BCUT2D eigenvalue weighted by molar-refractivity contribution is 5.71. The van der Waals surface area contributed by atoms with Crippen LogP contribution in [0.2, 0.25) is 0 Å². The molecule has 3 heteroatoms. The Morgan fingerprint density at radius 2 is 1.19 bits per heavy atom. The summed E-state index contributed by atoms with van der Waals surface area (Å²) in [6.45, 7) is 0. The second-order valence-corrected chi connectivity index (χ2v) is 7.28. The fourth-order valence-electron chi connectivity index (χ4n) is 3.98. The van der Waals surface area contributed by atoms with Gasteiger partial charge in [0.25, 0.3) is 0 Å². The van der Waals surface area contributed by atoms with Gasteiger partial charge in [-0.1, -0.05) is 61.7 Å². The predicted octanol–water partition coefficient (Wildman–Crippen LogP) is 7.49. The van der Waals surface area contributed by atoms with Crippen molar-refractivity contribution < 1.29 is 13.2 Å². The van der Waals surface area contributed by atoms with Gasteiger partial charge in [-0.15, -0.1) is 0 Å². The Bertz CT molecular complexity index is 938. The van der Waals surface area contributed by atoms with Crippen LogP contribution in [0.15, 0.2) is 60.7 Å².